The van der Waals surface area contributed by atoms with Gasteiger partial charge in [0.15, 0.2) is 0 Å². The molecular weight excluding hydrogens is 335 g/mol. The smallest absolute Gasteiger partial charge is 0.465 e. The van der Waals surface area contributed by atoms with Crippen molar-refractivity contribution in [2.45, 2.75) is 25.7 Å². The molecule has 0 aliphatic rings. The van der Waals surface area contributed by atoms with Gasteiger partial charge in [-0.05, 0) is 42.2 Å². The zero-order chi connectivity index (χ0) is 18.4. The third-order valence-corrected chi connectivity index (χ3v) is 3.45. The molecule has 1 atom stereocenters. The van der Waals surface area contributed by atoms with Gasteiger partial charge in [0, 0.05) is 0 Å². The fourth-order valence-corrected chi connectivity index (χ4v) is 2.39. The molecule has 0 saturated heterocycles. The number of esters is 1. The standard InChI is InChI=1S/C18H18F3NO3/c1-2-24-17(23)16(22)11-13-5-3-4-6-15(13)12-7-9-14(10-8-12)25-18(19,20)21/h3-10,16H,2,11,22H2,1H3. The predicted octanol–water partition coefficient (Wildman–Crippen LogP) is 3.69. The molecule has 0 aliphatic carbocycles. The van der Waals surface area contributed by atoms with Crippen LogP contribution in [0.2, 0.25) is 0 Å². The molecule has 0 radical (unpaired) electrons. The van der Waals surface area contributed by atoms with Crippen LogP contribution in [0.1, 0.15) is 12.5 Å². The van der Waals surface area contributed by atoms with E-state index in [1.807, 2.05) is 12.1 Å². The van der Waals surface area contributed by atoms with E-state index in [4.69, 9.17) is 10.5 Å². The molecule has 2 aromatic rings. The second-order valence-electron chi connectivity index (χ2n) is 5.29. The van der Waals surface area contributed by atoms with Gasteiger partial charge in [-0.25, -0.2) is 0 Å². The van der Waals surface area contributed by atoms with Crippen LogP contribution < -0.4 is 10.5 Å². The first-order valence-corrected chi connectivity index (χ1v) is 7.66. The summed E-state index contributed by atoms with van der Waals surface area (Å²) in [6, 6.07) is 11.9. The highest BCUT2D eigenvalue weighted by atomic mass is 19.4. The normalized spacial score (nSPS) is 12.5. The van der Waals surface area contributed by atoms with Crippen molar-refractivity contribution in [2.75, 3.05) is 6.61 Å². The summed E-state index contributed by atoms with van der Waals surface area (Å²) in [6.07, 6.45) is -4.47. The van der Waals surface area contributed by atoms with Gasteiger partial charge < -0.3 is 15.2 Å². The van der Waals surface area contributed by atoms with Crippen LogP contribution in [-0.4, -0.2) is 25.0 Å². The average Bonchev–Trinajstić information content (AvgIpc) is 2.55. The Hall–Kier alpha value is -2.54. The van der Waals surface area contributed by atoms with Crippen LogP contribution in [0.4, 0.5) is 13.2 Å². The maximum absolute atomic E-state index is 12.2. The third-order valence-electron chi connectivity index (χ3n) is 3.45. The summed E-state index contributed by atoms with van der Waals surface area (Å²) in [5.41, 5.74) is 8.13. The fraction of sp³-hybridized carbons (Fsp3) is 0.278. The molecule has 0 fully saturated rings. The van der Waals surface area contributed by atoms with Crippen LogP contribution in [0.5, 0.6) is 5.75 Å². The average molecular weight is 353 g/mol. The van der Waals surface area contributed by atoms with Gasteiger partial charge in [-0.2, -0.15) is 0 Å². The lowest BCUT2D eigenvalue weighted by molar-refractivity contribution is -0.274. The number of carbonyl (C=O) groups is 1. The Kier molecular flexibility index (Phi) is 6.03. The highest BCUT2D eigenvalue weighted by Gasteiger charge is 2.31. The highest BCUT2D eigenvalue weighted by molar-refractivity contribution is 5.77. The van der Waals surface area contributed by atoms with E-state index in [0.29, 0.717) is 5.56 Å². The summed E-state index contributed by atoms with van der Waals surface area (Å²) in [5.74, 6) is -0.789. The van der Waals surface area contributed by atoms with Crippen molar-refractivity contribution in [3.8, 4) is 16.9 Å². The van der Waals surface area contributed by atoms with E-state index in [1.165, 1.54) is 24.3 Å². The molecule has 0 bridgehead atoms. The van der Waals surface area contributed by atoms with Crippen molar-refractivity contribution in [3.63, 3.8) is 0 Å². The van der Waals surface area contributed by atoms with Crippen molar-refractivity contribution < 1.29 is 27.4 Å². The Morgan fingerprint density at radius 1 is 1.12 bits per heavy atom. The molecular formula is C18H18F3NO3. The van der Waals surface area contributed by atoms with Gasteiger partial charge in [0.2, 0.25) is 0 Å². The van der Waals surface area contributed by atoms with Gasteiger partial charge in [0.25, 0.3) is 0 Å². The summed E-state index contributed by atoms with van der Waals surface area (Å²) >= 11 is 0. The minimum Gasteiger partial charge on any atom is -0.465 e. The molecule has 2 aromatic carbocycles. The van der Waals surface area contributed by atoms with Crippen molar-refractivity contribution in [3.05, 3.63) is 54.1 Å². The van der Waals surface area contributed by atoms with Gasteiger partial charge in [-0.1, -0.05) is 36.4 Å². The Bertz CT molecular complexity index is 714. The SMILES string of the molecule is CCOC(=O)C(N)Cc1ccccc1-c1ccc(OC(F)(F)F)cc1. The van der Waals surface area contributed by atoms with E-state index >= 15 is 0 Å². The molecule has 2 rings (SSSR count). The lowest BCUT2D eigenvalue weighted by Crippen LogP contribution is -2.34. The second kappa shape index (κ2) is 8.02. The summed E-state index contributed by atoms with van der Waals surface area (Å²) in [4.78, 5) is 11.7. The minimum absolute atomic E-state index is 0.245. The zero-order valence-electron chi connectivity index (χ0n) is 13.5. The molecule has 2 N–H and O–H groups in total. The number of hydrogen-bond acceptors (Lipinski definition) is 4. The highest BCUT2D eigenvalue weighted by Crippen LogP contribution is 2.28. The topological polar surface area (TPSA) is 61.5 Å². The van der Waals surface area contributed by atoms with Crippen molar-refractivity contribution in [2.24, 2.45) is 5.73 Å². The molecule has 0 aliphatic heterocycles. The number of rotatable bonds is 6. The molecule has 0 spiro atoms. The van der Waals surface area contributed by atoms with Crippen LogP contribution in [0, 0.1) is 0 Å². The van der Waals surface area contributed by atoms with Gasteiger partial charge in [-0.3, -0.25) is 4.79 Å². The number of carbonyl (C=O) groups excluding carboxylic acids is 1. The molecule has 1 unspecified atom stereocenters. The van der Waals surface area contributed by atoms with E-state index in [1.54, 1.807) is 19.1 Å². The second-order valence-corrected chi connectivity index (χ2v) is 5.29. The first-order valence-electron chi connectivity index (χ1n) is 7.66. The number of benzene rings is 2. The Morgan fingerprint density at radius 3 is 2.36 bits per heavy atom. The van der Waals surface area contributed by atoms with Gasteiger partial charge in [-0.15, -0.1) is 13.2 Å². The van der Waals surface area contributed by atoms with Crippen LogP contribution in [0.3, 0.4) is 0 Å². The minimum atomic E-state index is -4.73. The van der Waals surface area contributed by atoms with Crippen LogP contribution in [-0.2, 0) is 16.0 Å². The van der Waals surface area contributed by atoms with E-state index in [-0.39, 0.29) is 18.8 Å². The molecule has 25 heavy (non-hydrogen) atoms. The first kappa shape index (κ1) is 18.8. The molecule has 0 amide bonds. The van der Waals surface area contributed by atoms with Crippen LogP contribution in [0.25, 0.3) is 11.1 Å². The molecule has 0 saturated carbocycles. The quantitative estimate of drug-likeness (QED) is 0.805. The Labute approximate surface area is 143 Å². The van der Waals surface area contributed by atoms with Crippen LogP contribution >= 0.6 is 0 Å². The van der Waals surface area contributed by atoms with Crippen molar-refractivity contribution in [1.82, 2.24) is 0 Å². The number of alkyl halides is 3. The Balaban J connectivity index is 2.21. The van der Waals surface area contributed by atoms with E-state index < -0.39 is 18.4 Å². The van der Waals surface area contributed by atoms with Gasteiger partial charge in [0.1, 0.15) is 11.8 Å². The van der Waals surface area contributed by atoms with E-state index in [9.17, 15) is 18.0 Å². The molecule has 134 valence electrons. The number of hydrogen-bond donors (Lipinski definition) is 1. The van der Waals surface area contributed by atoms with E-state index in [0.717, 1.165) is 11.1 Å². The number of nitrogens with two attached hydrogens (primary N) is 1. The number of halogens is 3. The molecule has 7 heteroatoms. The zero-order valence-corrected chi connectivity index (χ0v) is 13.5. The third kappa shape index (κ3) is 5.49. The lowest BCUT2D eigenvalue weighted by Gasteiger charge is -2.15. The van der Waals surface area contributed by atoms with Gasteiger partial charge >= 0.3 is 12.3 Å². The molecule has 4 nitrogen and oxygen atoms in total. The van der Waals surface area contributed by atoms with E-state index in [2.05, 4.69) is 4.74 Å². The monoisotopic (exact) mass is 353 g/mol. The van der Waals surface area contributed by atoms with Crippen molar-refractivity contribution >= 4 is 5.97 Å². The Morgan fingerprint density at radius 2 is 1.76 bits per heavy atom. The summed E-state index contributed by atoms with van der Waals surface area (Å²) in [7, 11) is 0. The maximum atomic E-state index is 12.2. The first-order chi connectivity index (χ1) is 11.8. The summed E-state index contributed by atoms with van der Waals surface area (Å²) in [6.45, 7) is 1.94. The lowest BCUT2D eigenvalue weighted by atomic mass is 9.95. The summed E-state index contributed by atoms with van der Waals surface area (Å²) in [5, 5.41) is 0. The van der Waals surface area contributed by atoms with Gasteiger partial charge in [0.05, 0.1) is 6.61 Å². The fourth-order valence-electron chi connectivity index (χ4n) is 2.39. The molecule has 0 aromatic heterocycles. The molecule has 0 heterocycles. The predicted molar refractivity (Wildman–Crippen MR) is 86.9 cm³/mol. The largest absolute Gasteiger partial charge is 0.573 e. The number of ether oxygens (including phenoxy) is 2. The maximum Gasteiger partial charge on any atom is 0.573 e. The van der Waals surface area contributed by atoms with Crippen LogP contribution in [0.15, 0.2) is 48.5 Å². The summed E-state index contributed by atoms with van der Waals surface area (Å²) < 4.78 is 45.5. The van der Waals surface area contributed by atoms with Crippen molar-refractivity contribution in [1.29, 1.82) is 0 Å².